The van der Waals surface area contributed by atoms with E-state index in [1.54, 1.807) is 0 Å². The molecule has 0 unspecified atom stereocenters. The van der Waals surface area contributed by atoms with Crippen molar-refractivity contribution in [3.63, 3.8) is 0 Å². The maximum atomic E-state index is 13.2. The molecular weight excluding hydrogens is 314 g/mol. The number of para-hydroxylation sites is 1. The van der Waals surface area contributed by atoms with Gasteiger partial charge in [0.25, 0.3) is 5.91 Å². The van der Waals surface area contributed by atoms with Crippen molar-refractivity contribution in [2.45, 2.75) is 26.4 Å². The Morgan fingerprint density at radius 1 is 1.20 bits per heavy atom. The second kappa shape index (κ2) is 6.81. The first-order valence-electron chi connectivity index (χ1n) is 9.38. The molecule has 0 N–H and O–H groups in total. The van der Waals surface area contributed by atoms with Gasteiger partial charge in [0.15, 0.2) is 0 Å². The predicted molar refractivity (Wildman–Crippen MR) is 98.9 cm³/mol. The lowest BCUT2D eigenvalue weighted by molar-refractivity contribution is 0.0119. The topological polar surface area (TPSA) is 37.7 Å². The Kier molecular flexibility index (Phi) is 4.52. The van der Waals surface area contributed by atoms with E-state index in [2.05, 4.69) is 35.4 Å². The third-order valence-corrected chi connectivity index (χ3v) is 5.72. The monoisotopic (exact) mass is 341 g/mol. The highest BCUT2D eigenvalue weighted by Gasteiger charge is 2.37. The number of aryl methyl sites for hydroxylation is 1. The number of amides is 1. The number of benzene rings is 1. The van der Waals surface area contributed by atoms with Crippen LogP contribution in [0.4, 0.5) is 0 Å². The summed E-state index contributed by atoms with van der Waals surface area (Å²) in [5, 5.41) is 1.14. The number of rotatable bonds is 3. The van der Waals surface area contributed by atoms with Gasteiger partial charge in [0.1, 0.15) is 5.69 Å². The molecule has 4 rings (SSSR count). The van der Waals surface area contributed by atoms with Crippen LogP contribution in [0.5, 0.6) is 0 Å². The summed E-state index contributed by atoms with van der Waals surface area (Å²) in [7, 11) is 0. The lowest BCUT2D eigenvalue weighted by atomic mass is 10.0. The van der Waals surface area contributed by atoms with E-state index in [0.717, 1.165) is 62.5 Å². The van der Waals surface area contributed by atoms with Crippen molar-refractivity contribution in [3.8, 4) is 0 Å². The van der Waals surface area contributed by atoms with E-state index < -0.39 is 0 Å². The summed E-state index contributed by atoms with van der Waals surface area (Å²) in [6.45, 7) is 10.4. The van der Waals surface area contributed by atoms with E-state index in [1.165, 1.54) is 0 Å². The van der Waals surface area contributed by atoms with Gasteiger partial charge < -0.3 is 14.2 Å². The fourth-order valence-electron chi connectivity index (χ4n) is 4.39. The Morgan fingerprint density at radius 3 is 2.72 bits per heavy atom. The summed E-state index contributed by atoms with van der Waals surface area (Å²) < 4.78 is 7.62. The molecule has 2 atom stereocenters. The SMILES string of the molecule is CCn1c(C(=O)N2C[C@@H](C)[C@@H](N3CCOCC3)C2)cc2ccccc21. The van der Waals surface area contributed by atoms with Gasteiger partial charge in [-0.05, 0) is 25.0 Å². The first-order chi connectivity index (χ1) is 12.2. The fraction of sp³-hybridized carbons (Fsp3) is 0.550. The van der Waals surface area contributed by atoms with Crippen LogP contribution in [-0.4, -0.2) is 65.7 Å². The first kappa shape index (κ1) is 16.6. The van der Waals surface area contributed by atoms with Gasteiger partial charge in [0, 0.05) is 49.7 Å². The molecule has 5 nitrogen and oxygen atoms in total. The first-order valence-corrected chi connectivity index (χ1v) is 9.38. The van der Waals surface area contributed by atoms with Crippen LogP contribution in [-0.2, 0) is 11.3 Å². The van der Waals surface area contributed by atoms with Crippen LogP contribution in [0.3, 0.4) is 0 Å². The van der Waals surface area contributed by atoms with Gasteiger partial charge in [-0.1, -0.05) is 25.1 Å². The van der Waals surface area contributed by atoms with Crippen molar-refractivity contribution < 1.29 is 9.53 Å². The third kappa shape index (κ3) is 2.96. The molecule has 3 heterocycles. The minimum atomic E-state index is 0.167. The molecule has 2 saturated heterocycles. The number of aromatic nitrogens is 1. The minimum Gasteiger partial charge on any atom is -0.379 e. The number of morpholine rings is 1. The minimum absolute atomic E-state index is 0.167. The van der Waals surface area contributed by atoms with Gasteiger partial charge in [-0.15, -0.1) is 0 Å². The molecular formula is C20H27N3O2. The molecule has 0 spiro atoms. The zero-order valence-electron chi connectivity index (χ0n) is 15.1. The Hall–Kier alpha value is -1.85. The molecule has 0 saturated carbocycles. The van der Waals surface area contributed by atoms with Gasteiger partial charge in [-0.3, -0.25) is 9.69 Å². The van der Waals surface area contributed by atoms with Crippen molar-refractivity contribution in [1.29, 1.82) is 0 Å². The van der Waals surface area contributed by atoms with E-state index in [9.17, 15) is 4.79 Å². The van der Waals surface area contributed by atoms with Crippen molar-refractivity contribution in [2.75, 3.05) is 39.4 Å². The predicted octanol–water partition coefficient (Wildman–Crippen LogP) is 2.45. The number of hydrogen-bond donors (Lipinski definition) is 0. The third-order valence-electron chi connectivity index (χ3n) is 5.72. The van der Waals surface area contributed by atoms with Crippen LogP contribution in [0.2, 0.25) is 0 Å². The number of hydrogen-bond acceptors (Lipinski definition) is 3. The van der Waals surface area contributed by atoms with Crippen LogP contribution in [0.15, 0.2) is 30.3 Å². The number of likely N-dealkylation sites (tertiary alicyclic amines) is 1. The second-order valence-electron chi connectivity index (χ2n) is 7.24. The van der Waals surface area contributed by atoms with E-state index in [-0.39, 0.29) is 5.91 Å². The highest BCUT2D eigenvalue weighted by atomic mass is 16.5. The largest absolute Gasteiger partial charge is 0.379 e. The number of ether oxygens (including phenoxy) is 1. The fourth-order valence-corrected chi connectivity index (χ4v) is 4.39. The van der Waals surface area contributed by atoms with Crippen LogP contribution < -0.4 is 0 Å². The average Bonchev–Trinajstić information content (AvgIpc) is 3.22. The van der Waals surface area contributed by atoms with E-state index in [1.807, 2.05) is 23.1 Å². The normalized spacial score (nSPS) is 25.0. The second-order valence-corrected chi connectivity index (χ2v) is 7.24. The van der Waals surface area contributed by atoms with Crippen LogP contribution >= 0.6 is 0 Å². The Labute approximate surface area is 149 Å². The van der Waals surface area contributed by atoms with Crippen molar-refractivity contribution in [3.05, 3.63) is 36.0 Å². The Balaban J connectivity index is 1.57. The summed E-state index contributed by atoms with van der Waals surface area (Å²) in [6, 6.07) is 10.7. The van der Waals surface area contributed by atoms with Gasteiger partial charge >= 0.3 is 0 Å². The molecule has 0 aliphatic carbocycles. The lowest BCUT2D eigenvalue weighted by Gasteiger charge is -2.34. The van der Waals surface area contributed by atoms with Crippen LogP contribution in [0.1, 0.15) is 24.3 Å². The summed E-state index contributed by atoms with van der Waals surface area (Å²) in [5.41, 5.74) is 1.96. The number of carbonyl (C=O) groups excluding carboxylic acids is 1. The van der Waals surface area contributed by atoms with Crippen LogP contribution in [0.25, 0.3) is 10.9 Å². The molecule has 25 heavy (non-hydrogen) atoms. The van der Waals surface area contributed by atoms with Gasteiger partial charge in [-0.25, -0.2) is 0 Å². The Bertz CT molecular complexity index is 763. The molecule has 2 aliphatic rings. The molecule has 1 aromatic carbocycles. The molecule has 1 amide bonds. The summed E-state index contributed by atoms with van der Waals surface area (Å²) in [4.78, 5) is 17.8. The van der Waals surface area contributed by atoms with Gasteiger partial charge in [0.2, 0.25) is 0 Å². The smallest absolute Gasteiger partial charge is 0.270 e. The zero-order valence-corrected chi connectivity index (χ0v) is 15.1. The Morgan fingerprint density at radius 2 is 1.96 bits per heavy atom. The summed E-state index contributed by atoms with van der Waals surface area (Å²) in [5.74, 6) is 0.669. The average molecular weight is 341 g/mol. The van der Waals surface area contributed by atoms with E-state index >= 15 is 0 Å². The summed E-state index contributed by atoms with van der Waals surface area (Å²) in [6.07, 6.45) is 0. The molecule has 1 aromatic heterocycles. The molecule has 0 radical (unpaired) electrons. The molecule has 2 aromatic rings. The molecule has 2 fully saturated rings. The van der Waals surface area contributed by atoms with Crippen LogP contribution in [0, 0.1) is 5.92 Å². The molecule has 5 heteroatoms. The summed E-state index contributed by atoms with van der Waals surface area (Å²) >= 11 is 0. The molecule has 134 valence electrons. The van der Waals surface area contributed by atoms with Gasteiger partial charge in [0.05, 0.1) is 13.2 Å². The van der Waals surface area contributed by atoms with Gasteiger partial charge in [-0.2, -0.15) is 0 Å². The molecule has 2 aliphatic heterocycles. The lowest BCUT2D eigenvalue weighted by Crippen LogP contribution is -2.47. The zero-order chi connectivity index (χ0) is 17.4. The standard InChI is InChI=1S/C20H27N3O2/c1-3-23-17-7-5-4-6-16(17)12-18(23)20(24)22-13-15(2)19(14-22)21-8-10-25-11-9-21/h4-7,12,15,19H,3,8-11,13-14H2,1-2H3/t15-,19+/m1/s1. The van der Waals surface area contributed by atoms with Crippen molar-refractivity contribution >= 4 is 16.8 Å². The maximum absolute atomic E-state index is 13.2. The van der Waals surface area contributed by atoms with E-state index in [4.69, 9.17) is 4.74 Å². The molecule has 0 bridgehead atoms. The van der Waals surface area contributed by atoms with Crippen molar-refractivity contribution in [1.82, 2.24) is 14.4 Å². The quantitative estimate of drug-likeness (QED) is 0.861. The van der Waals surface area contributed by atoms with E-state index in [0.29, 0.717) is 12.0 Å². The van der Waals surface area contributed by atoms with Crippen molar-refractivity contribution in [2.24, 2.45) is 5.92 Å². The maximum Gasteiger partial charge on any atom is 0.270 e. The highest BCUT2D eigenvalue weighted by Crippen LogP contribution is 2.26. The number of nitrogens with zero attached hydrogens (tertiary/aromatic N) is 3. The highest BCUT2D eigenvalue weighted by molar-refractivity contribution is 5.99. The number of fused-ring (bicyclic) bond motifs is 1. The number of carbonyl (C=O) groups is 1.